The number of fused-ring (bicyclic) bond motifs is 18. The molecule has 0 radical (unpaired) electrons. The normalized spacial score (nSPS) is 12.2. The standard InChI is InChI=1S/C92H61N9/c1-91(2,3)63-30-36-81-73(47-63)74-48-64(92(4,5)6)31-37-82(74)99(81)86-43-59(50-93)61(52-95)45-88(86)100-83-38-32-65(49-75(83)90-66-20-10-9-17-54(66)27-35-84(90)100)97-76-24-14-11-21-67(76)70-40-57(28-33-79(70)97)58-29-34-80-71(41-58)68-22-12-15-25-77(68)98(80)87-44-60(51-94)62(53-96)46-89(87)101-78-26-16-13-23-69(78)72-39-55-18-7-8-19-56(55)42-85(72)101/h7-49H,1-6H3. The van der Waals surface area contributed by atoms with Gasteiger partial charge in [0, 0.05) is 59.5 Å². The first-order chi connectivity index (χ1) is 49.2. The third-order valence-corrected chi connectivity index (χ3v) is 21.3. The molecule has 0 saturated heterocycles. The first kappa shape index (κ1) is 58.9. The van der Waals surface area contributed by atoms with Crippen LogP contribution in [0.2, 0.25) is 0 Å². The fourth-order valence-electron chi connectivity index (χ4n) is 16.4. The zero-order valence-corrected chi connectivity index (χ0v) is 56.4. The summed E-state index contributed by atoms with van der Waals surface area (Å²) in [5.74, 6) is 0. The van der Waals surface area contributed by atoms with Gasteiger partial charge in [-0.15, -0.1) is 0 Å². The second kappa shape index (κ2) is 21.5. The number of para-hydroxylation sites is 3. The Morgan fingerprint density at radius 3 is 1.05 bits per heavy atom. The van der Waals surface area contributed by atoms with E-state index in [-0.39, 0.29) is 10.8 Å². The van der Waals surface area contributed by atoms with Crippen molar-refractivity contribution < 1.29 is 0 Å². The van der Waals surface area contributed by atoms with Crippen molar-refractivity contribution in [3.63, 3.8) is 0 Å². The van der Waals surface area contributed by atoms with Gasteiger partial charge in [0.1, 0.15) is 24.3 Å². The fraction of sp³-hybridized carbons (Fsp3) is 0.0870. The Bertz CT molecular complexity index is 7020. The molecule has 14 aromatic carbocycles. The van der Waals surface area contributed by atoms with Crippen molar-refractivity contribution in [1.82, 2.24) is 22.8 Å². The minimum Gasteiger partial charge on any atom is -0.309 e. The number of nitrogens with zero attached hydrogens (tertiary/aromatic N) is 9. The van der Waals surface area contributed by atoms with Crippen molar-refractivity contribution in [3.8, 4) is 63.8 Å². The lowest BCUT2D eigenvalue weighted by Crippen LogP contribution is -2.10. The number of aromatic nitrogens is 5. The summed E-state index contributed by atoms with van der Waals surface area (Å²) < 4.78 is 11.5. The van der Waals surface area contributed by atoms with Crippen molar-refractivity contribution in [1.29, 1.82) is 21.0 Å². The Morgan fingerprint density at radius 1 is 0.238 bits per heavy atom. The van der Waals surface area contributed by atoms with E-state index >= 15 is 0 Å². The van der Waals surface area contributed by atoms with Crippen LogP contribution >= 0.6 is 0 Å². The van der Waals surface area contributed by atoms with Gasteiger partial charge in [-0.25, -0.2) is 0 Å². The van der Waals surface area contributed by atoms with Gasteiger partial charge < -0.3 is 22.8 Å². The summed E-state index contributed by atoms with van der Waals surface area (Å²) in [6.07, 6.45) is 0. The zero-order valence-electron chi connectivity index (χ0n) is 56.4. The maximum absolute atomic E-state index is 10.9. The summed E-state index contributed by atoms with van der Waals surface area (Å²) >= 11 is 0. The Labute approximate surface area is 581 Å². The number of rotatable bonds is 6. The summed E-state index contributed by atoms with van der Waals surface area (Å²) in [6, 6.07) is 103. The third-order valence-electron chi connectivity index (χ3n) is 21.3. The lowest BCUT2D eigenvalue weighted by atomic mass is 9.85. The van der Waals surface area contributed by atoms with Gasteiger partial charge in [-0.2, -0.15) is 21.0 Å². The maximum Gasteiger partial charge on any atom is 0.101 e. The molecular weight excluding hydrogens is 1230 g/mol. The molecule has 19 aromatic rings. The lowest BCUT2D eigenvalue weighted by molar-refractivity contribution is 0.590. The molecule has 19 rings (SSSR count). The van der Waals surface area contributed by atoms with Crippen molar-refractivity contribution in [2.45, 2.75) is 52.4 Å². The summed E-state index contributed by atoms with van der Waals surface area (Å²) in [6.45, 7) is 13.5. The van der Waals surface area contributed by atoms with Crippen LogP contribution in [-0.2, 0) is 10.8 Å². The molecule has 0 aliphatic carbocycles. The minimum atomic E-state index is -0.102. The molecule has 0 atom stereocenters. The van der Waals surface area contributed by atoms with Crippen LogP contribution < -0.4 is 0 Å². The van der Waals surface area contributed by atoms with Crippen molar-refractivity contribution >= 4 is 131 Å². The van der Waals surface area contributed by atoms with Gasteiger partial charge in [0.15, 0.2) is 0 Å². The highest BCUT2D eigenvalue weighted by molar-refractivity contribution is 6.23. The van der Waals surface area contributed by atoms with Gasteiger partial charge in [-0.05, 0) is 182 Å². The van der Waals surface area contributed by atoms with Crippen LogP contribution in [0.15, 0.2) is 261 Å². The van der Waals surface area contributed by atoms with Crippen molar-refractivity contribution in [2.24, 2.45) is 0 Å². The predicted octanol–water partition coefficient (Wildman–Crippen LogP) is 23.2. The topological polar surface area (TPSA) is 120 Å². The zero-order chi connectivity index (χ0) is 68.5. The van der Waals surface area contributed by atoms with E-state index in [1.807, 2.05) is 24.3 Å². The molecule has 0 unspecified atom stereocenters. The van der Waals surface area contributed by atoms with E-state index in [9.17, 15) is 21.0 Å². The van der Waals surface area contributed by atoms with E-state index in [2.05, 4.69) is 325 Å². The molecule has 5 aromatic heterocycles. The Kier molecular flexibility index (Phi) is 12.6. The van der Waals surface area contributed by atoms with Gasteiger partial charge in [0.25, 0.3) is 0 Å². The second-order valence-electron chi connectivity index (χ2n) is 29.0. The molecule has 0 spiro atoms. The van der Waals surface area contributed by atoms with Crippen LogP contribution in [0.4, 0.5) is 0 Å². The van der Waals surface area contributed by atoms with Crippen LogP contribution in [0.25, 0.3) is 170 Å². The third kappa shape index (κ3) is 8.65. The van der Waals surface area contributed by atoms with Gasteiger partial charge >= 0.3 is 0 Å². The summed E-state index contributed by atoms with van der Waals surface area (Å²) in [7, 11) is 0. The quantitative estimate of drug-likeness (QED) is 0.165. The molecule has 474 valence electrons. The highest BCUT2D eigenvalue weighted by atomic mass is 15.1. The smallest absolute Gasteiger partial charge is 0.101 e. The molecule has 0 aliphatic heterocycles. The van der Waals surface area contributed by atoms with Gasteiger partial charge in [-0.1, -0.05) is 175 Å². The molecule has 9 nitrogen and oxygen atoms in total. The van der Waals surface area contributed by atoms with Gasteiger partial charge in [-0.3, -0.25) is 0 Å². The Hall–Kier alpha value is -13.4. The minimum absolute atomic E-state index is 0.102. The Balaban J connectivity index is 0.794. The molecule has 0 saturated carbocycles. The van der Waals surface area contributed by atoms with E-state index in [1.165, 1.54) is 11.1 Å². The van der Waals surface area contributed by atoms with Crippen LogP contribution in [0.3, 0.4) is 0 Å². The van der Waals surface area contributed by atoms with E-state index in [0.29, 0.717) is 22.3 Å². The van der Waals surface area contributed by atoms with Gasteiger partial charge in [0.2, 0.25) is 0 Å². The monoisotopic (exact) mass is 1290 g/mol. The molecule has 0 amide bonds. The van der Waals surface area contributed by atoms with Crippen molar-refractivity contribution in [3.05, 3.63) is 294 Å². The van der Waals surface area contributed by atoms with Crippen LogP contribution in [0, 0.1) is 45.3 Å². The Morgan fingerprint density at radius 2 is 0.574 bits per heavy atom. The average molecular weight is 1290 g/mol. The van der Waals surface area contributed by atoms with E-state index < -0.39 is 0 Å². The van der Waals surface area contributed by atoms with Crippen LogP contribution in [0.5, 0.6) is 0 Å². The molecular formula is C92H61N9. The SMILES string of the molecule is CC(C)(C)c1ccc2c(c1)c1cc(C(C)(C)C)ccc1n2-c1cc(C#N)c(C#N)cc1-n1c2ccc(-n3c4ccccc4c4cc(-c5ccc6c(c5)c5ccccc5n6-c5cc(C#N)c(C#N)cc5-n5c6ccccc6c6cc7ccccc7cc65)ccc43)cc2c2c3ccccc3ccc21. The fourth-order valence-corrected chi connectivity index (χ4v) is 16.4. The number of hydrogen-bond donors (Lipinski definition) is 0. The molecule has 0 fully saturated rings. The average Bonchev–Trinajstić information content (AvgIpc) is 1.54. The van der Waals surface area contributed by atoms with E-state index in [4.69, 9.17) is 0 Å². The molecule has 101 heavy (non-hydrogen) atoms. The summed E-state index contributed by atoms with van der Waals surface area (Å²) in [5.41, 5.74) is 19.8. The van der Waals surface area contributed by atoms with E-state index in [1.54, 1.807) is 0 Å². The number of nitriles is 4. The van der Waals surface area contributed by atoms with E-state index in [0.717, 1.165) is 170 Å². The molecule has 0 aliphatic rings. The van der Waals surface area contributed by atoms with Crippen LogP contribution in [0.1, 0.15) is 74.9 Å². The summed E-state index contributed by atoms with van der Waals surface area (Å²) in [4.78, 5) is 0. The summed E-state index contributed by atoms with van der Waals surface area (Å²) in [5, 5.41) is 58.6. The highest BCUT2D eigenvalue weighted by Gasteiger charge is 2.28. The number of benzene rings is 14. The predicted molar refractivity (Wildman–Crippen MR) is 415 cm³/mol. The molecule has 9 heteroatoms. The largest absolute Gasteiger partial charge is 0.309 e. The maximum atomic E-state index is 10.9. The molecule has 5 heterocycles. The highest BCUT2D eigenvalue weighted by Crippen LogP contribution is 2.47. The van der Waals surface area contributed by atoms with Crippen LogP contribution in [-0.4, -0.2) is 22.8 Å². The first-order valence-electron chi connectivity index (χ1n) is 34.2. The second-order valence-corrected chi connectivity index (χ2v) is 29.0. The van der Waals surface area contributed by atoms with Crippen molar-refractivity contribution in [2.75, 3.05) is 0 Å². The molecule has 0 bridgehead atoms. The first-order valence-corrected chi connectivity index (χ1v) is 34.2. The lowest BCUT2D eigenvalue weighted by Gasteiger charge is -2.20. The van der Waals surface area contributed by atoms with Gasteiger partial charge in [0.05, 0.1) is 100 Å². The number of hydrogen-bond acceptors (Lipinski definition) is 4. The molecule has 0 N–H and O–H groups in total.